The van der Waals surface area contributed by atoms with Gasteiger partial charge in [-0.25, -0.2) is 0 Å². The Hall–Kier alpha value is -2.63. The van der Waals surface area contributed by atoms with Crippen LogP contribution in [0.3, 0.4) is 0 Å². The van der Waals surface area contributed by atoms with E-state index in [2.05, 4.69) is 31.8 Å². The summed E-state index contributed by atoms with van der Waals surface area (Å²) in [6, 6.07) is 8.10. The molecule has 0 aliphatic heterocycles. The maximum Gasteiger partial charge on any atom is 0.123 e. The highest BCUT2D eigenvalue weighted by atomic mass is 15.2. The minimum absolute atomic E-state index is 0.744. The van der Waals surface area contributed by atoms with E-state index in [0.717, 1.165) is 29.2 Å². The van der Waals surface area contributed by atoms with Crippen molar-refractivity contribution in [3.63, 3.8) is 0 Å². The minimum Gasteiger partial charge on any atom is -0.381 e. The van der Waals surface area contributed by atoms with Gasteiger partial charge in [-0.2, -0.15) is 5.10 Å². The number of rotatable bonds is 4. The Labute approximate surface area is 110 Å². The van der Waals surface area contributed by atoms with Crippen LogP contribution in [0.25, 0.3) is 5.69 Å². The molecule has 0 spiro atoms. The van der Waals surface area contributed by atoms with E-state index in [1.807, 2.05) is 35.9 Å². The van der Waals surface area contributed by atoms with Gasteiger partial charge in [0.25, 0.3) is 0 Å². The molecule has 0 unspecified atom stereocenters. The number of aromatic amines is 1. The van der Waals surface area contributed by atoms with E-state index in [0.29, 0.717) is 0 Å². The molecule has 0 aliphatic rings. The molecule has 2 aromatic heterocycles. The van der Waals surface area contributed by atoms with Crippen LogP contribution in [0.4, 0.5) is 5.69 Å². The molecule has 0 fully saturated rings. The Morgan fingerprint density at radius 1 is 1.26 bits per heavy atom. The van der Waals surface area contributed by atoms with Gasteiger partial charge in [0.05, 0.1) is 11.9 Å². The number of aromatic nitrogens is 5. The van der Waals surface area contributed by atoms with E-state index in [-0.39, 0.29) is 0 Å². The van der Waals surface area contributed by atoms with E-state index in [4.69, 9.17) is 0 Å². The third-order valence-corrected chi connectivity index (χ3v) is 2.98. The molecule has 19 heavy (non-hydrogen) atoms. The number of hydrogen-bond donors (Lipinski definition) is 2. The van der Waals surface area contributed by atoms with Crippen LogP contribution in [0, 0.1) is 6.92 Å². The molecule has 0 radical (unpaired) electrons. The number of H-pyrrole nitrogens is 1. The van der Waals surface area contributed by atoms with Gasteiger partial charge in [-0.1, -0.05) is 6.07 Å². The Balaban J connectivity index is 1.75. The van der Waals surface area contributed by atoms with Gasteiger partial charge in [0.2, 0.25) is 0 Å². The molecular weight excluding hydrogens is 240 g/mol. The molecule has 0 amide bonds. The van der Waals surface area contributed by atoms with Gasteiger partial charge in [-0.15, -0.1) is 10.2 Å². The third-order valence-electron chi connectivity index (χ3n) is 2.98. The zero-order chi connectivity index (χ0) is 13.1. The van der Waals surface area contributed by atoms with Crippen molar-refractivity contribution in [1.82, 2.24) is 25.0 Å². The molecule has 0 saturated heterocycles. The minimum atomic E-state index is 0.744. The first-order valence-corrected chi connectivity index (χ1v) is 6.01. The van der Waals surface area contributed by atoms with Crippen LogP contribution in [-0.2, 0) is 6.54 Å². The lowest BCUT2D eigenvalue weighted by molar-refractivity contribution is 1.04. The highest BCUT2D eigenvalue weighted by Gasteiger charge is 2.01. The topological polar surface area (TPSA) is 71.4 Å². The zero-order valence-electron chi connectivity index (χ0n) is 10.5. The number of nitrogens with one attached hydrogen (secondary N) is 2. The maximum absolute atomic E-state index is 4.01. The largest absolute Gasteiger partial charge is 0.381 e. The lowest BCUT2D eigenvalue weighted by Gasteiger charge is -2.08. The van der Waals surface area contributed by atoms with Gasteiger partial charge in [-0.3, -0.25) is 9.67 Å². The quantitative estimate of drug-likeness (QED) is 0.746. The second-order valence-corrected chi connectivity index (χ2v) is 4.29. The average molecular weight is 254 g/mol. The lowest BCUT2D eigenvalue weighted by atomic mass is 10.2. The first kappa shape index (κ1) is 11.5. The predicted octanol–water partition coefficient (Wildman–Crippen LogP) is 1.91. The second kappa shape index (κ2) is 4.93. The summed E-state index contributed by atoms with van der Waals surface area (Å²) in [5.41, 5.74) is 4.32. The zero-order valence-corrected chi connectivity index (χ0v) is 10.5. The van der Waals surface area contributed by atoms with Crippen LogP contribution < -0.4 is 5.32 Å². The van der Waals surface area contributed by atoms with Gasteiger partial charge in [0.1, 0.15) is 12.7 Å². The molecule has 0 bridgehead atoms. The second-order valence-electron chi connectivity index (χ2n) is 4.29. The summed E-state index contributed by atoms with van der Waals surface area (Å²) in [4.78, 5) is 0. The molecule has 3 rings (SSSR count). The Kier molecular flexibility index (Phi) is 2.97. The van der Waals surface area contributed by atoms with Crippen molar-refractivity contribution in [2.24, 2.45) is 0 Å². The van der Waals surface area contributed by atoms with Crippen molar-refractivity contribution < 1.29 is 0 Å². The van der Waals surface area contributed by atoms with Crippen molar-refractivity contribution >= 4 is 5.69 Å². The standard InChI is InChI=1S/C13H14N6/c1-10-11(7-15-18-10)6-14-12-3-2-4-13(5-12)19-8-16-17-9-19/h2-5,7-9,14H,6H2,1H3,(H,15,18). The van der Waals surface area contributed by atoms with Crippen molar-refractivity contribution in [2.45, 2.75) is 13.5 Å². The Morgan fingerprint density at radius 2 is 2.11 bits per heavy atom. The summed E-state index contributed by atoms with van der Waals surface area (Å²) in [7, 11) is 0. The number of anilines is 1. The van der Waals surface area contributed by atoms with Gasteiger partial charge in [0, 0.05) is 23.5 Å². The molecule has 0 saturated carbocycles. The summed E-state index contributed by atoms with van der Waals surface area (Å²) >= 11 is 0. The van der Waals surface area contributed by atoms with E-state index < -0.39 is 0 Å². The molecule has 6 heteroatoms. The number of aryl methyl sites for hydroxylation is 1. The number of hydrogen-bond acceptors (Lipinski definition) is 4. The molecule has 0 atom stereocenters. The summed E-state index contributed by atoms with van der Waals surface area (Å²) in [5, 5.41) is 17.9. The fourth-order valence-electron chi connectivity index (χ4n) is 1.86. The highest BCUT2D eigenvalue weighted by molar-refractivity contribution is 5.51. The molecule has 2 N–H and O–H groups in total. The van der Waals surface area contributed by atoms with Crippen molar-refractivity contribution in [3.8, 4) is 5.69 Å². The van der Waals surface area contributed by atoms with Crippen LogP contribution in [-0.4, -0.2) is 25.0 Å². The molecule has 2 heterocycles. The van der Waals surface area contributed by atoms with Crippen molar-refractivity contribution in [2.75, 3.05) is 5.32 Å². The molecule has 96 valence electrons. The molecular formula is C13H14N6. The lowest BCUT2D eigenvalue weighted by Crippen LogP contribution is -2.00. The molecule has 3 aromatic rings. The van der Waals surface area contributed by atoms with Gasteiger partial charge in [0.15, 0.2) is 0 Å². The van der Waals surface area contributed by atoms with Gasteiger partial charge < -0.3 is 5.32 Å². The third kappa shape index (κ3) is 2.47. The van der Waals surface area contributed by atoms with E-state index in [1.54, 1.807) is 12.7 Å². The summed E-state index contributed by atoms with van der Waals surface area (Å²) in [6.07, 6.45) is 5.20. The van der Waals surface area contributed by atoms with E-state index in [9.17, 15) is 0 Å². The Morgan fingerprint density at radius 3 is 2.84 bits per heavy atom. The smallest absolute Gasteiger partial charge is 0.123 e. The normalized spacial score (nSPS) is 10.6. The molecule has 1 aromatic carbocycles. The Bertz CT molecular complexity index is 655. The first-order valence-electron chi connectivity index (χ1n) is 6.01. The van der Waals surface area contributed by atoms with Gasteiger partial charge >= 0.3 is 0 Å². The van der Waals surface area contributed by atoms with E-state index in [1.165, 1.54) is 0 Å². The highest BCUT2D eigenvalue weighted by Crippen LogP contribution is 2.15. The van der Waals surface area contributed by atoms with E-state index >= 15 is 0 Å². The fourth-order valence-corrected chi connectivity index (χ4v) is 1.86. The van der Waals surface area contributed by atoms with Crippen LogP contribution in [0.15, 0.2) is 43.1 Å². The summed E-state index contributed by atoms with van der Waals surface area (Å²) < 4.78 is 1.87. The van der Waals surface area contributed by atoms with Crippen LogP contribution >= 0.6 is 0 Å². The molecule has 0 aliphatic carbocycles. The van der Waals surface area contributed by atoms with Crippen molar-refractivity contribution in [1.29, 1.82) is 0 Å². The van der Waals surface area contributed by atoms with Crippen LogP contribution in [0.2, 0.25) is 0 Å². The van der Waals surface area contributed by atoms with Gasteiger partial charge in [-0.05, 0) is 25.1 Å². The monoisotopic (exact) mass is 254 g/mol. The maximum atomic E-state index is 4.01. The number of nitrogens with zero attached hydrogens (tertiary/aromatic N) is 4. The summed E-state index contributed by atoms with van der Waals surface area (Å²) in [6.45, 7) is 2.76. The van der Waals surface area contributed by atoms with Crippen LogP contribution in [0.1, 0.15) is 11.3 Å². The number of benzene rings is 1. The van der Waals surface area contributed by atoms with Crippen molar-refractivity contribution in [3.05, 3.63) is 54.4 Å². The fraction of sp³-hybridized carbons (Fsp3) is 0.154. The van der Waals surface area contributed by atoms with Crippen LogP contribution in [0.5, 0.6) is 0 Å². The summed E-state index contributed by atoms with van der Waals surface area (Å²) in [5.74, 6) is 0. The molecule has 6 nitrogen and oxygen atoms in total. The average Bonchev–Trinajstić information content (AvgIpc) is 3.08. The SMILES string of the molecule is Cc1[nH]ncc1CNc1cccc(-n2cnnc2)c1. The first-order chi connectivity index (χ1) is 9.33. The predicted molar refractivity (Wildman–Crippen MR) is 72.0 cm³/mol.